The molecule has 1 unspecified atom stereocenters. The summed E-state index contributed by atoms with van der Waals surface area (Å²) in [4.78, 5) is 28.1. The minimum Gasteiger partial charge on any atom is -0.488 e. The molecule has 2 atom stereocenters. The van der Waals surface area contributed by atoms with Gasteiger partial charge in [-0.1, -0.05) is 44.0 Å². The van der Waals surface area contributed by atoms with Gasteiger partial charge >= 0.3 is 5.97 Å². The molecule has 1 fully saturated rings. The molecule has 8 heteroatoms. The zero-order valence-corrected chi connectivity index (χ0v) is 26.1. The molecule has 0 bridgehead atoms. The Bertz CT molecular complexity index is 1070. The topological polar surface area (TPSA) is 79.9 Å². The molecule has 0 aromatic heterocycles. The third-order valence-corrected chi connectivity index (χ3v) is 8.23. The van der Waals surface area contributed by atoms with Gasteiger partial charge in [0.05, 0.1) is 11.1 Å². The number of carbonyl (C=O) groups excluding carboxylic acids is 2. The van der Waals surface area contributed by atoms with Gasteiger partial charge in [-0.2, -0.15) is 0 Å². The van der Waals surface area contributed by atoms with E-state index in [0.29, 0.717) is 32.0 Å². The van der Waals surface area contributed by atoms with Gasteiger partial charge in [-0.25, -0.2) is 0 Å². The lowest BCUT2D eigenvalue weighted by molar-refractivity contribution is -0.167. The van der Waals surface area contributed by atoms with Gasteiger partial charge < -0.3 is 25.0 Å². The Morgan fingerprint density at radius 3 is 2.42 bits per heavy atom. The van der Waals surface area contributed by atoms with Gasteiger partial charge in [-0.05, 0) is 111 Å². The molecule has 7 nitrogen and oxygen atoms in total. The zero-order chi connectivity index (χ0) is 29.0. The standard InChI is InChI=1S/C32H46BrN3O4/c1-5-39-31(38)32(18-10-19-32)30(37)35-27(11-8-9-20-36(3)4)21-24(2)22-34-26-16-14-25(15-17-26)23-40-29-13-7-6-12-28(29)33/h6-7,12-17,24,27,34H,5,8-11,18-23H2,1-4H3,(H,35,37)/t24?,27-/m0/s1. The summed E-state index contributed by atoms with van der Waals surface area (Å²) in [6, 6.07) is 16.2. The number of para-hydroxylation sites is 1. The predicted molar refractivity (Wildman–Crippen MR) is 164 cm³/mol. The number of anilines is 1. The minimum atomic E-state index is -0.999. The van der Waals surface area contributed by atoms with E-state index < -0.39 is 5.41 Å². The van der Waals surface area contributed by atoms with Gasteiger partial charge in [0, 0.05) is 18.3 Å². The Kier molecular flexibility index (Phi) is 12.8. The fourth-order valence-corrected chi connectivity index (χ4v) is 5.42. The highest BCUT2D eigenvalue weighted by molar-refractivity contribution is 9.10. The number of amides is 1. The maximum Gasteiger partial charge on any atom is 0.321 e. The Labute approximate surface area is 248 Å². The Morgan fingerprint density at radius 2 is 1.80 bits per heavy atom. The van der Waals surface area contributed by atoms with Crippen molar-refractivity contribution in [3.8, 4) is 5.75 Å². The van der Waals surface area contributed by atoms with Gasteiger partial charge in [-0.3, -0.25) is 9.59 Å². The van der Waals surface area contributed by atoms with Crippen LogP contribution >= 0.6 is 15.9 Å². The third-order valence-electron chi connectivity index (χ3n) is 7.58. The number of benzene rings is 2. The first-order valence-corrected chi connectivity index (χ1v) is 15.4. The summed E-state index contributed by atoms with van der Waals surface area (Å²) >= 11 is 3.52. The molecular formula is C32H46BrN3O4. The first kappa shape index (κ1) is 31.9. The average Bonchev–Trinajstić information content (AvgIpc) is 2.89. The molecule has 2 aromatic carbocycles. The second-order valence-corrected chi connectivity index (χ2v) is 12.1. The molecule has 2 aromatic rings. The Hall–Kier alpha value is -2.58. The van der Waals surface area contributed by atoms with Gasteiger partial charge in [0.25, 0.3) is 0 Å². The van der Waals surface area contributed by atoms with Crippen LogP contribution in [0.2, 0.25) is 0 Å². The lowest BCUT2D eigenvalue weighted by Gasteiger charge is -2.38. The molecule has 1 amide bonds. The lowest BCUT2D eigenvalue weighted by Crippen LogP contribution is -2.54. The SMILES string of the molecule is CCOC(=O)C1(C(=O)N[C@@H](CCCCN(C)C)CC(C)CNc2ccc(COc3ccccc3Br)cc2)CCC1. The molecule has 3 rings (SSSR count). The number of hydrogen-bond acceptors (Lipinski definition) is 6. The maximum absolute atomic E-state index is 13.3. The summed E-state index contributed by atoms with van der Waals surface area (Å²) in [6.45, 7) is 6.60. The number of esters is 1. The van der Waals surface area contributed by atoms with E-state index in [1.54, 1.807) is 6.92 Å². The molecule has 1 aliphatic carbocycles. The largest absolute Gasteiger partial charge is 0.488 e. The van der Waals surface area contributed by atoms with Crippen molar-refractivity contribution in [2.24, 2.45) is 11.3 Å². The summed E-state index contributed by atoms with van der Waals surface area (Å²) in [7, 11) is 4.16. The number of nitrogens with zero attached hydrogens (tertiary/aromatic N) is 1. The van der Waals surface area contributed by atoms with Gasteiger partial charge in [0.15, 0.2) is 0 Å². The molecule has 40 heavy (non-hydrogen) atoms. The molecule has 220 valence electrons. The van der Waals surface area contributed by atoms with E-state index in [-0.39, 0.29) is 17.9 Å². The molecule has 1 saturated carbocycles. The van der Waals surface area contributed by atoms with Crippen molar-refractivity contribution < 1.29 is 19.1 Å². The van der Waals surface area contributed by atoms with E-state index in [1.807, 2.05) is 24.3 Å². The molecule has 0 saturated heterocycles. The van der Waals surface area contributed by atoms with Crippen LogP contribution in [-0.2, 0) is 20.9 Å². The van der Waals surface area contributed by atoms with Crippen molar-refractivity contribution in [2.75, 3.05) is 39.1 Å². The van der Waals surface area contributed by atoms with Crippen LogP contribution in [0.15, 0.2) is 53.0 Å². The van der Waals surface area contributed by atoms with Crippen molar-refractivity contribution in [2.45, 2.75) is 71.4 Å². The second kappa shape index (κ2) is 16.0. The van der Waals surface area contributed by atoms with E-state index in [0.717, 1.165) is 66.7 Å². The fraction of sp³-hybridized carbons (Fsp3) is 0.562. The van der Waals surface area contributed by atoms with Gasteiger partial charge in [0.1, 0.15) is 17.8 Å². The number of halogens is 1. The average molecular weight is 617 g/mol. The predicted octanol–water partition coefficient (Wildman–Crippen LogP) is 6.42. The van der Waals surface area contributed by atoms with Crippen LogP contribution in [0.4, 0.5) is 5.69 Å². The number of unbranched alkanes of at least 4 members (excludes halogenated alkanes) is 1. The normalized spacial score (nSPS) is 15.6. The van der Waals surface area contributed by atoms with Crippen molar-refractivity contribution >= 4 is 33.5 Å². The van der Waals surface area contributed by atoms with E-state index in [1.165, 1.54) is 0 Å². The van der Waals surface area contributed by atoms with Crippen molar-refractivity contribution in [1.29, 1.82) is 0 Å². The highest BCUT2D eigenvalue weighted by atomic mass is 79.9. The van der Waals surface area contributed by atoms with Crippen LogP contribution in [0.25, 0.3) is 0 Å². The molecular weight excluding hydrogens is 570 g/mol. The van der Waals surface area contributed by atoms with Crippen LogP contribution in [0.3, 0.4) is 0 Å². The van der Waals surface area contributed by atoms with Crippen LogP contribution in [0.5, 0.6) is 5.75 Å². The van der Waals surface area contributed by atoms with Crippen LogP contribution in [-0.4, -0.2) is 56.6 Å². The van der Waals surface area contributed by atoms with E-state index >= 15 is 0 Å². The van der Waals surface area contributed by atoms with Crippen LogP contribution < -0.4 is 15.4 Å². The summed E-state index contributed by atoms with van der Waals surface area (Å²) in [5, 5.41) is 6.80. The number of ether oxygens (including phenoxy) is 2. The zero-order valence-electron chi connectivity index (χ0n) is 24.5. The quantitative estimate of drug-likeness (QED) is 0.121. The third kappa shape index (κ3) is 9.51. The number of rotatable bonds is 17. The summed E-state index contributed by atoms with van der Waals surface area (Å²) in [5.41, 5.74) is 1.15. The smallest absolute Gasteiger partial charge is 0.321 e. The minimum absolute atomic E-state index is 0.0233. The second-order valence-electron chi connectivity index (χ2n) is 11.3. The van der Waals surface area contributed by atoms with Crippen LogP contribution in [0, 0.1) is 11.3 Å². The molecule has 0 heterocycles. The first-order chi connectivity index (χ1) is 19.2. The molecule has 2 N–H and O–H groups in total. The van der Waals surface area contributed by atoms with Gasteiger partial charge in [0.2, 0.25) is 5.91 Å². The maximum atomic E-state index is 13.3. The highest BCUT2D eigenvalue weighted by Gasteiger charge is 2.52. The van der Waals surface area contributed by atoms with Crippen LogP contribution in [0.1, 0.15) is 64.4 Å². The van der Waals surface area contributed by atoms with Crippen molar-refractivity contribution in [3.05, 3.63) is 58.6 Å². The van der Waals surface area contributed by atoms with E-state index in [2.05, 4.69) is 76.7 Å². The summed E-state index contributed by atoms with van der Waals surface area (Å²) in [6.07, 6.45) is 5.88. The Balaban J connectivity index is 1.52. The van der Waals surface area contributed by atoms with Crippen molar-refractivity contribution in [3.63, 3.8) is 0 Å². The number of hydrogen-bond donors (Lipinski definition) is 2. The lowest BCUT2D eigenvalue weighted by atomic mass is 9.68. The summed E-state index contributed by atoms with van der Waals surface area (Å²) < 4.78 is 12.1. The molecule has 0 spiro atoms. The molecule has 0 radical (unpaired) electrons. The molecule has 1 aliphatic rings. The van der Waals surface area contributed by atoms with Crippen molar-refractivity contribution in [1.82, 2.24) is 10.2 Å². The Morgan fingerprint density at radius 1 is 1.07 bits per heavy atom. The monoisotopic (exact) mass is 615 g/mol. The van der Waals surface area contributed by atoms with E-state index in [9.17, 15) is 9.59 Å². The number of nitrogens with one attached hydrogen (secondary N) is 2. The highest BCUT2D eigenvalue weighted by Crippen LogP contribution is 2.42. The molecule has 0 aliphatic heterocycles. The number of carbonyl (C=O) groups is 2. The fourth-order valence-electron chi connectivity index (χ4n) is 5.02. The summed E-state index contributed by atoms with van der Waals surface area (Å²) in [5.74, 6) is 0.630. The van der Waals surface area contributed by atoms with Gasteiger partial charge in [-0.15, -0.1) is 0 Å². The first-order valence-electron chi connectivity index (χ1n) is 14.6. The van der Waals surface area contributed by atoms with E-state index in [4.69, 9.17) is 9.47 Å².